The number of nitrogens with one attached hydrogen (secondary N) is 9. The number of Topliss-reactive ketones (excluding diaryl/α,β-unsaturated/α-hetero) is 1. The lowest BCUT2D eigenvalue weighted by atomic mass is 9.92. The quantitative estimate of drug-likeness (QED) is 0.0410. The average molecular weight is 1140 g/mol. The summed E-state index contributed by atoms with van der Waals surface area (Å²) in [5.41, 5.74) is 30.3. The van der Waals surface area contributed by atoms with E-state index in [1.54, 1.807) is 30.3 Å². The molecule has 1 fully saturated rings. The summed E-state index contributed by atoms with van der Waals surface area (Å²) in [6.45, 7) is 8.71. The van der Waals surface area contributed by atoms with Crippen LogP contribution in [0.3, 0.4) is 0 Å². The highest BCUT2D eigenvalue weighted by molar-refractivity contribution is 5.98. The van der Waals surface area contributed by atoms with Gasteiger partial charge in [0, 0.05) is 25.3 Å². The molecule has 81 heavy (non-hydrogen) atoms. The zero-order chi connectivity index (χ0) is 60.4. The van der Waals surface area contributed by atoms with E-state index in [1.807, 2.05) is 27.7 Å². The van der Waals surface area contributed by atoms with Gasteiger partial charge in [-0.25, -0.2) is 0 Å². The van der Waals surface area contributed by atoms with Gasteiger partial charge in [-0.2, -0.15) is 0 Å². The molecule has 1 aromatic rings. The van der Waals surface area contributed by atoms with E-state index in [1.165, 1.54) is 0 Å². The number of carbonyl (C=O) groups is 10. The van der Waals surface area contributed by atoms with Gasteiger partial charge >= 0.3 is 0 Å². The van der Waals surface area contributed by atoms with Crippen LogP contribution in [0.4, 0.5) is 0 Å². The number of unbranched alkanes of at least 4 members (excludes halogenated alkanes) is 4. The van der Waals surface area contributed by atoms with E-state index in [4.69, 9.17) is 28.7 Å². The summed E-state index contributed by atoms with van der Waals surface area (Å²) >= 11 is 0. The molecule has 25 heteroatoms. The first-order chi connectivity index (χ1) is 38.6. The molecule has 0 spiro atoms. The van der Waals surface area contributed by atoms with Crippen molar-refractivity contribution in [2.45, 2.75) is 198 Å². The van der Waals surface area contributed by atoms with Crippen LogP contribution in [0.1, 0.15) is 143 Å². The fraction of sp³-hybridized carbons (Fsp3) is 0.714. The van der Waals surface area contributed by atoms with Gasteiger partial charge < -0.3 is 81.6 Å². The molecule has 1 aliphatic rings. The second-order valence-electron chi connectivity index (χ2n) is 21.9. The van der Waals surface area contributed by atoms with Crippen molar-refractivity contribution in [2.75, 3.05) is 39.3 Å². The maximum absolute atomic E-state index is 14.5. The van der Waals surface area contributed by atoms with Gasteiger partial charge in [0.25, 0.3) is 0 Å². The summed E-state index contributed by atoms with van der Waals surface area (Å²) in [4.78, 5) is 141. The predicted molar refractivity (Wildman–Crippen MR) is 308 cm³/mol. The molecule has 0 radical (unpaired) electrons. The number of aliphatic hydroxyl groups excluding tert-OH is 1. The van der Waals surface area contributed by atoms with Crippen molar-refractivity contribution in [1.82, 2.24) is 47.9 Å². The summed E-state index contributed by atoms with van der Waals surface area (Å²) in [7, 11) is 0. The molecule has 0 bridgehead atoms. The summed E-state index contributed by atoms with van der Waals surface area (Å²) < 4.78 is 0. The maximum atomic E-state index is 14.5. The van der Waals surface area contributed by atoms with E-state index >= 15 is 0 Å². The van der Waals surface area contributed by atoms with Crippen molar-refractivity contribution in [2.24, 2.45) is 46.4 Å². The molecule has 9 amide bonds. The van der Waals surface area contributed by atoms with E-state index in [-0.39, 0.29) is 115 Å². The van der Waals surface area contributed by atoms with Gasteiger partial charge in [0.15, 0.2) is 5.78 Å². The van der Waals surface area contributed by atoms with Crippen LogP contribution in [-0.2, 0) is 54.4 Å². The molecular formula is C56H98N14O11. The van der Waals surface area contributed by atoms with Gasteiger partial charge in [-0.1, -0.05) is 97.1 Å². The summed E-state index contributed by atoms with van der Waals surface area (Å²) in [5.74, 6) is -9.04. The Bertz CT molecular complexity index is 2140. The SMILES string of the molecule is CCCCCCC[C@@H](O)CC(=O)N[C@H](CCN)C(=O)C[C@H]1CCNC(=O)[C@H](CC(C)C)NC(=O)[C@H](CCN)NC(=O)[C@H](CCN)NC(=O)[C@H](Cc2ccccc2)NC(=O)[C@@H](CC(C)C)NC(=O)[C@H](CCN)NC(=O)[C@@H](CCN)NC1=O. The van der Waals surface area contributed by atoms with Crippen LogP contribution in [0.5, 0.6) is 0 Å². The number of hydrogen-bond donors (Lipinski definition) is 15. The Labute approximate surface area is 478 Å². The maximum Gasteiger partial charge on any atom is 0.243 e. The fourth-order valence-corrected chi connectivity index (χ4v) is 9.37. The highest BCUT2D eigenvalue weighted by Crippen LogP contribution is 2.17. The molecule has 0 aliphatic carbocycles. The van der Waals surface area contributed by atoms with Crippen LogP contribution in [0, 0.1) is 17.8 Å². The average Bonchev–Trinajstić information content (AvgIpc) is 3.40. The number of carbonyl (C=O) groups excluding carboxylic acids is 10. The van der Waals surface area contributed by atoms with Crippen LogP contribution in [0.2, 0.25) is 0 Å². The smallest absolute Gasteiger partial charge is 0.243 e. The van der Waals surface area contributed by atoms with Gasteiger partial charge in [0.05, 0.1) is 18.6 Å². The largest absolute Gasteiger partial charge is 0.393 e. The van der Waals surface area contributed by atoms with Gasteiger partial charge in [-0.15, -0.1) is 0 Å². The number of hydrogen-bond acceptors (Lipinski definition) is 16. The van der Waals surface area contributed by atoms with Gasteiger partial charge in [0.2, 0.25) is 53.2 Å². The van der Waals surface area contributed by atoms with Crippen molar-refractivity contribution in [1.29, 1.82) is 0 Å². The first kappa shape index (κ1) is 71.0. The van der Waals surface area contributed by atoms with Crippen molar-refractivity contribution >= 4 is 58.9 Å². The Balaban J connectivity index is 2.73. The van der Waals surface area contributed by atoms with E-state index in [0.29, 0.717) is 12.0 Å². The lowest BCUT2D eigenvalue weighted by molar-refractivity contribution is -0.136. The van der Waals surface area contributed by atoms with Crippen molar-refractivity contribution in [3.8, 4) is 0 Å². The zero-order valence-electron chi connectivity index (χ0n) is 48.5. The molecule has 0 unspecified atom stereocenters. The molecule has 10 atom stereocenters. The molecular weight excluding hydrogens is 1040 g/mol. The molecule has 1 heterocycles. The van der Waals surface area contributed by atoms with Crippen LogP contribution >= 0.6 is 0 Å². The van der Waals surface area contributed by atoms with Crippen LogP contribution in [-0.4, -0.2) is 158 Å². The van der Waals surface area contributed by atoms with Gasteiger partial charge in [0.1, 0.15) is 42.3 Å². The number of benzene rings is 1. The molecule has 1 saturated heterocycles. The predicted octanol–water partition coefficient (Wildman–Crippen LogP) is -1.85. The Hall–Kier alpha value is -6.12. The lowest BCUT2D eigenvalue weighted by Crippen LogP contribution is -2.61. The normalized spacial score (nSPS) is 23.4. The van der Waals surface area contributed by atoms with Crippen molar-refractivity contribution in [3.63, 3.8) is 0 Å². The minimum atomic E-state index is -1.38. The standard InChI is InChI=1S/C56H98N14O11/c1-6-7-8-9-13-16-38(71)33-48(73)63-39(17-23-57)47(72)32-37-22-28-62-50(75)44(29-34(2)3)68-53(78)42(20-26-60)66-52(77)41(19-25-59)67-56(81)46(31-36-14-11-10-12-15-36)70-55(80)45(30-35(4)5)69-54(79)43(21-27-61)65-51(76)40(18-24-58)64-49(37)74/h10-12,14-15,34-35,37-46,71H,6-9,13,16-33,57-61H2,1-5H3,(H,62,75)(H,63,73)(H,64,74)(H,65,76)(H,66,77)(H,67,81)(H,68,78)(H,69,79)(H,70,80)/t37-,38-,39-,40-,41+,42+,43+,44+,45-,46+/m1/s1. The zero-order valence-corrected chi connectivity index (χ0v) is 48.5. The minimum Gasteiger partial charge on any atom is -0.393 e. The summed E-state index contributed by atoms with van der Waals surface area (Å²) in [6, 6.07) is -1.57. The lowest BCUT2D eigenvalue weighted by Gasteiger charge is -2.29. The molecule has 458 valence electrons. The van der Waals surface area contributed by atoms with E-state index in [2.05, 4.69) is 54.8 Å². The summed E-state index contributed by atoms with van der Waals surface area (Å²) in [6.07, 6.45) is 2.90. The number of amides is 9. The highest BCUT2D eigenvalue weighted by Gasteiger charge is 2.36. The molecule has 1 aliphatic heterocycles. The number of aliphatic hydroxyl groups is 1. The fourth-order valence-electron chi connectivity index (χ4n) is 9.37. The van der Waals surface area contributed by atoms with Crippen LogP contribution < -0.4 is 76.5 Å². The highest BCUT2D eigenvalue weighted by atomic mass is 16.3. The Morgan fingerprint density at radius 1 is 0.543 bits per heavy atom. The van der Waals surface area contributed by atoms with Gasteiger partial charge in [-0.3, -0.25) is 47.9 Å². The molecule has 20 N–H and O–H groups in total. The van der Waals surface area contributed by atoms with Crippen molar-refractivity contribution < 1.29 is 53.1 Å². The molecule has 25 nitrogen and oxygen atoms in total. The topological polar surface area (TPSA) is 429 Å². The second kappa shape index (κ2) is 39.3. The minimum absolute atomic E-state index is 0.00991. The van der Waals surface area contributed by atoms with Crippen LogP contribution in [0.25, 0.3) is 0 Å². The third-order valence-electron chi connectivity index (χ3n) is 13.8. The van der Waals surface area contributed by atoms with Crippen molar-refractivity contribution in [3.05, 3.63) is 35.9 Å². The molecule has 0 aromatic heterocycles. The third kappa shape index (κ3) is 27.5. The molecule has 2 rings (SSSR count). The molecule has 0 saturated carbocycles. The first-order valence-corrected chi connectivity index (χ1v) is 29.1. The Morgan fingerprint density at radius 2 is 0.963 bits per heavy atom. The Kier molecular flexibility index (Phi) is 34.5. The number of rotatable bonds is 28. The molecule has 1 aromatic carbocycles. The first-order valence-electron chi connectivity index (χ1n) is 29.1. The monoisotopic (exact) mass is 1140 g/mol. The number of ketones is 1. The van der Waals surface area contributed by atoms with Gasteiger partial charge in [-0.05, 0) is 108 Å². The van der Waals surface area contributed by atoms with E-state index in [0.717, 1.165) is 32.1 Å². The number of nitrogens with two attached hydrogens (primary N) is 5. The summed E-state index contributed by atoms with van der Waals surface area (Å²) in [5, 5.41) is 34.9. The van der Waals surface area contributed by atoms with Crippen LogP contribution in [0.15, 0.2) is 30.3 Å². The van der Waals surface area contributed by atoms with E-state index < -0.39 is 126 Å². The third-order valence-corrected chi connectivity index (χ3v) is 13.8. The second-order valence-corrected chi connectivity index (χ2v) is 21.9. The Morgan fingerprint density at radius 3 is 1.42 bits per heavy atom. The van der Waals surface area contributed by atoms with E-state index in [9.17, 15) is 53.1 Å².